The summed E-state index contributed by atoms with van der Waals surface area (Å²) < 4.78 is 0. The van der Waals surface area contributed by atoms with Crippen LogP contribution in [0.1, 0.15) is 5.56 Å². The van der Waals surface area contributed by atoms with Gasteiger partial charge < -0.3 is 5.32 Å². The minimum Gasteiger partial charge on any atom is -0.333 e. The van der Waals surface area contributed by atoms with E-state index in [-0.39, 0.29) is 5.91 Å². The van der Waals surface area contributed by atoms with Crippen LogP contribution in [0.5, 0.6) is 0 Å². The molecule has 0 atom stereocenters. The lowest BCUT2D eigenvalue weighted by Gasteiger charge is -1.99. The molecule has 0 unspecified atom stereocenters. The number of rotatable bonds is 3. The SMILES string of the molecule is [CH2]/C=C/NC(=O)Cc1ccccc1. The number of carbonyl (C=O) groups is 1. The summed E-state index contributed by atoms with van der Waals surface area (Å²) in [5, 5.41) is 2.60. The highest BCUT2D eigenvalue weighted by molar-refractivity contribution is 5.79. The lowest BCUT2D eigenvalue weighted by Crippen LogP contribution is -2.18. The molecule has 0 aromatic heterocycles. The molecule has 0 aliphatic carbocycles. The Hall–Kier alpha value is -1.57. The number of hydrogen-bond acceptors (Lipinski definition) is 1. The van der Waals surface area contributed by atoms with Gasteiger partial charge in [-0.15, -0.1) is 0 Å². The molecule has 0 bridgehead atoms. The van der Waals surface area contributed by atoms with Gasteiger partial charge in [-0.2, -0.15) is 0 Å². The highest BCUT2D eigenvalue weighted by Crippen LogP contribution is 1.98. The van der Waals surface area contributed by atoms with Crippen molar-refractivity contribution in [3.63, 3.8) is 0 Å². The van der Waals surface area contributed by atoms with E-state index < -0.39 is 0 Å². The third-order valence-corrected chi connectivity index (χ3v) is 1.57. The van der Waals surface area contributed by atoms with E-state index in [0.717, 1.165) is 5.56 Å². The van der Waals surface area contributed by atoms with Crippen LogP contribution in [0.3, 0.4) is 0 Å². The van der Waals surface area contributed by atoms with Gasteiger partial charge in [0.1, 0.15) is 0 Å². The maximum Gasteiger partial charge on any atom is 0.228 e. The molecule has 0 aliphatic rings. The predicted molar refractivity (Wildman–Crippen MR) is 52.8 cm³/mol. The molecule has 1 aromatic rings. The Kier molecular flexibility index (Phi) is 3.76. The molecule has 1 amide bonds. The summed E-state index contributed by atoms with van der Waals surface area (Å²) >= 11 is 0. The van der Waals surface area contributed by atoms with Crippen LogP contribution in [0.25, 0.3) is 0 Å². The zero-order chi connectivity index (χ0) is 9.52. The van der Waals surface area contributed by atoms with Crippen molar-refractivity contribution in [1.82, 2.24) is 5.32 Å². The Labute approximate surface area is 78.3 Å². The monoisotopic (exact) mass is 174 g/mol. The lowest BCUT2D eigenvalue weighted by molar-refractivity contribution is -0.119. The van der Waals surface area contributed by atoms with Crippen molar-refractivity contribution in [2.24, 2.45) is 0 Å². The van der Waals surface area contributed by atoms with Gasteiger partial charge in [-0.25, -0.2) is 0 Å². The van der Waals surface area contributed by atoms with E-state index in [4.69, 9.17) is 0 Å². The second-order valence-electron chi connectivity index (χ2n) is 2.63. The quantitative estimate of drug-likeness (QED) is 0.742. The van der Waals surface area contributed by atoms with E-state index in [9.17, 15) is 4.79 Å². The molecule has 0 fully saturated rings. The second-order valence-corrected chi connectivity index (χ2v) is 2.63. The smallest absolute Gasteiger partial charge is 0.228 e. The van der Waals surface area contributed by atoms with E-state index >= 15 is 0 Å². The van der Waals surface area contributed by atoms with Gasteiger partial charge in [0.15, 0.2) is 0 Å². The molecule has 2 heteroatoms. The highest BCUT2D eigenvalue weighted by atomic mass is 16.1. The number of nitrogens with one attached hydrogen (secondary N) is 1. The van der Waals surface area contributed by atoms with Crippen LogP contribution in [0.2, 0.25) is 0 Å². The van der Waals surface area contributed by atoms with Gasteiger partial charge in [0.05, 0.1) is 6.42 Å². The second kappa shape index (κ2) is 5.14. The maximum atomic E-state index is 11.2. The van der Waals surface area contributed by atoms with Crippen LogP contribution in [0.4, 0.5) is 0 Å². The molecule has 0 saturated heterocycles. The zero-order valence-electron chi connectivity index (χ0n) is 7.36. The zero-order valence-corrected chi connectivity index (χ0v) is 7.36. The molecule has 0 aliphatic heterocycles. The summed E-state index contributed by atoms with van der Waals surface area (Å²) in [6, 6.07) is 9.61. The standard InChI is InChI=1S/C11H12NO/c1-2-8-12-11(13)9-10-6-4-3-5-7-10/h2-8H,1,9H2,(H,12,13)/b8-2+. The van der Waals surface area contributed by atoms with Crippen molar-refractivity contribution in [3.05, 3.63) is 55.1 Å². The molecule has 1 aromatic carbocycles. The van der Waals surface area contributed by atoms with Crippen LogP contribution in [0, 0.1) is 6.92 Å². The summed E-state index contributed by atoms with van der Waals surface area (Å²) in [4.78, 5) is 11.2. The Balaban J connectivity index is 2.46. The minimum absolute atomic E-state index is 0.0221. The Morgan fingerprint density at radius 1 is 1.38 bits per heavy atom. The molecule has 1 N–H and O–H groups in total. The van der Waals surface area contributed by atoms with Crippen LogP contribution in [0.15, 0.2) is 42.6 Å². The first-order chi connectivity index (χ1) is 6.33. The molecule has 0 heterocycles. The predicted octanol–water partition coefficient (Wildman–Crippen LogP) is 1.69. The summed E-state index contributed by atoms with van der Waals surface area (Å²) in [7, 11) is 0. The van der Waals surface area contributed by atoms with Gasteiger partial charge in [-0.05, 0) is 18.7 Å². The van der Waals surface area contributed by atoms with E-state index in [1.54, 1.807) is 6.08 Å². The average molecular weight is 174 g/mol. The number of hydrogen-bond donors (Lipinski definition) is 1. The summed E-state index contributed by atoms with van der Waals surface area (Å²) in [5.74, 6) is -0.0221. The van der Waals surface area contributed by atoms with E-state index in [1.165, 1.54) is 6.20 Å². The van der Waals surface area contributed by atoms with Crippen molar-refractivity contribution in [3.8, 4) is 0 Å². The third kappa shape index (κ3) is 3.56. The number of allylic oxidation sites excluding steroid dienone is 1. The van der Waals surface area contributed by atoms with Crippen molar-refractivity contribution >= 4 is 5.91 Å². The molecule has 1 rings (SSSR count). The average Bonchev–Trinajstić information content (AvgIpc) is 2.16. The van der Waals surface area contributed by atoms with Gasteiger partial charge >= 0.3 is 0 Å². The third-order valence-electron chi connectivity index (χ3n) is 1.57. The molecule has 13 heavy (non-hydrogen) atoms. The van der Waals surface area contributed by atoms with Crippen molar-refractivity contribution < 1.29 is 4.79 Å². The van der Waals surface area contributed by atoms with E-state index in [0.29, 0.717) is 6.42 Å². The van der Waals surface area contributed by atoms with E-state index in [1.807, 2.05) is 30.3 Å². The fourth-order valence-electron chi connectivity index (χ4n) is 0.984. The summed E-state index contributed by atoms with van der Waals surface area (Å²) in [5.41, 5.74) is 1.01. The Morgan fingerprint density at radius 2 is 2.08 bits per heavy atom. The summed E-state index contributed by atoms with van der Waals surface area (Å²) in [6.45, 7) is 3.47. The van der Waals surface area contributed by atoms with Crippen molar-refractivity contribution in [1.29, 1.82) is 0 Å². The molecular weight excluding hydrogens is 162 g/mol. The Bertz CT molecular complexity index is 290. The van der Waals surface area contributed by atoms with Gasteiger partial charge in [0.25, 0.3) is 0 Å². The first-order valence-corrected chi connectivity index (χ1v) is 4.10. The van der Waals surface area contributed by atoms with Gasteiger partial charge in [0, 0.05) is 0 Å². The first kappa shape index (κ1) is 9.52. The molecule has 2 nitrogen and oxygen atoms in total. The maximum absolute atomic E-state index is 11.2. The normalized spacial score (nSPS) is 10.2. The van der Waals surface area contributed by atoms with Crippen LogP contribution in [-0.4, -0.2) is 5.91 Å². The fourth-order valence-corrected chi connectivity index (χ4v) is 0.984. The minimum atomic E-state index is -0.0221. The number of amides is 1. The van der Waals surface area contributed by atoms with Crippen molar-refractivity contribution in [2.75, 3.05) is 0 Å². The van der Waals surface area contributed by atoms with Crippen LogP contribution < -0.4 is 5.32 Å². The largest absolute Gasteiger partial charge is 0.333 e. The topological polar surface area (TPSA) is 29.1 Å². The molecule has 0 spiro atoms. The van der Waals surface area contributed by atoms with Gasteiger partial charge in [-0.1, -0.05) is 36.4 Å². The molecule has 1 radical (unpaired) electrons. The van der Waals surface area contributed by atoms with Crippen molar-refractivity contribution in [2.45, 2.75) is 6.42 Å². The highest BCUT2D eigenvalue weighted by Gasteiger charge is 1.98. The molecule has 0 saturated carbocycles. The van der Waals surface area contributed by atoms with Gasteiger partial charge in [0.2, 0.25) is 5.91 Å². The molecular formula is C11H12NO. The number of carbonyl (C=O) groups excluding carboxylic acids is 1. The van der Waals surface area contributed by atoms with Gasteiger partial charge in [-0.3, -0.25) is 4.79 Å². The Morgan fingerprint density at radius 3 is 2.69 bits per heavy atom. The van der Waals surface area contributed by atoms with Crippen LogP contribution in [-0.2, 0) is 11.2 Å². The van der Waals surface area contributed by atoms with Crippen LogP contribution >= 0.6 is 0 Å². The number of benzene rings is 1. The van der Waals surface area contributed by atoms with E-state index in [2.05, 4.69) is 12.2 Å². The fraction of sp³-hybridized carbons (Fsp3) is 0.0909. The molecule has 67 valence electrons. The lowest BCUT2D eigenvalue weighted by atomic mass is 10.1. The first-order valence-electron chi connectivity index (χ1n) is 4.10. The summed E-state index contributed by atoms with van der Waals surface area (Å²) in [6.07, 6.45) is 3.49.